The summed E-state index contributed by atoms with van der Waals surface area (Å²) in [5.74, 6) is -0.862. The standard InChI is InChI=1S/C12H8Br2FNO2S/c1-18-12(17)9-8(10(13)14)16-11(19-9)6-4-2-3-5-7(6)15/h2-5,10H,1H3. The molecule has 0 aliphatic carbocycles. The average molecular weight is 409 g/mol. The Kier molecular flexibility index (Phi) is 4.70. The van der Waals surface area contributed by atoms with Crippen molar-refractivity contribution in [2.75, 3.05) is 7.11 Å². The van der Waals surface area contributed by atoms with Gasteiger partial charge in [-0.3, -0.25) is 0 Å². The summed E-state index contributed by atoms with van der Waals surface area (Å²) in [6.07, 6.45) is 0. The number of carbonyl (C=O) groups excluding carboxylic acids is 1. The predicted molar refractivity (Wildman–Crippen MR) is 79.4 cm³/mol. The van der Waals surface area contributed by atoms with E-state index < -0.39 is 5.97 Å². The number of halogens is 3. The maximum Gasteiger partial charge on any atom is 0.350 e. The summed E-state index contributed by atoms with van der Waals surface area (Å²) in [7, 11) is 1.30. The Hall–Kier alpha value is -0.790. The first-order valence-corrected chi connectivity index (χ1v) is 7.81. The third-order valence-electron chi connectivity index (χ3n) is 2.34. The molecule has 100 valence electrons. The minimum absolute atomic E-state index is 0.300. The molecule has 0 amide bonds. The maximum absolute atomic E-state index is 13.7. The maximum atomic E-state index is 13.7. The molecule has 0 N–H and O–H groups in total. The van der Waals surface area contributed by atoms with Gasteiger partial charge in [-0.15, -0.1) is 11.3 Å². The van der Waals surface area contributed by atoms with Gasteiger partial charge in [0.1, 0.15) is 19.4 Å². The van der Waals surface area contributed by atoms with Crippen molar-refractivity contribution in [1.82, 2.24) is 4.98 Å². The molecule has 3 nitrogen and oxygen atoms in total. The number of ether oxygens (including phenoxy) is 1. The van der Waals surface area contributed by atoms with Crippen LogP contribution in [0.4, 0.5) is 4.39 Å². The molecular weight excluding hydrogens is 401 g/mol. The molecule has 7 heteroatoms. The van der Waals surface area contributed by atoms with Crippen LogP contribution in [-0.4, -0.2) is 18.1 Å². The molecule has 0 radical (unpaired) electrons. The Bertz CT molecular complexity index is 616. The molecule has 19 heavy (non-hydrogen) atoms. The highest BCUT2D eigenvalue weighted by Gasteiger charge is 2.23. The van der Waals surface area contributed by atoms with Crippen LogP contribution in [0.3, 0.4) is 0 Å². The summed E-state index contributed by atoms with van der Waals surface area (Å²) < 4.78 is 18.1. The monoisotopic (exact) mass is 407 g/mol. The fourth-order valence-corrected chi connectivity index (χ4v) is 3.48. The molecular formula is C12H8Br2FNO2S. The van der Waals surface area contributed by atoms with Crippen molar-refractivity contribution in [3.63, 3.8) is 0 Å². The van der Waals surface area contributed by atoms with Crippen molar-refractivity contribution >= 4 is 49.2 Å². The van der Waals surface area contributed by atoms with Crippen molar-refractivity contribution < 1.29 is 13.9 Å². The van der Waals surface area contributed by atoms with Gasteiger partial charge < -0.3 is 4.74 Å². The highest BCUT2D eigenvalue weighted by Crippen LogP contribution is 2.38. The predicted octanol–water partition coefficient (Wildman–Crippen LogP) is 4.52. The van der Waals surface area contributed by atoms with Gasteiger partial charge in [-0.2, -0.15) is 0 Å². The van der Waals surface area contributed by atoms with Crippen molar-refractivity contribution in [2.45, 2.75) is 3.74 Å². The smallest absolute Gasteiger partial charge is 0.350 e. The number of rotatable bonds is 3. The van der Waals surface area contributed by atoms with Crippen molar-refractivity contribution in [3.05, 3.63) is 40.7 Å². The minimum atomic E-state index is -0.487. The molecule has 2 rings (SSSR count). The molecule has 0 saturated heterocycles. The molecule has 0 spiro atoms. The molecule has 0 unspecified atom stereocenters. The first kappa shape index (κ1) is 14.6. The Balaban J connectivity index is 2.55. The quantitative estimate of drug-likeness (QED) is 0.553. The van der Waals surface area contributed by atoms with Crippen LogP contribution in [0.25, 0.3) is 10.6 Å². The number of alkyl halides is 2. The Morgan fingerprint density at radius 2 is 2.11 bits per heavy atom. The van der Waals surface area contributed by atoms with E-state index in [2.05, 4.69) is 36.8 Å². The van der Waals surface area contributed by atoms with Gasteiger partial charge in [0.05, 0.1) is 12.8 Å². The number of esters is 1. The number of hydrogen-bond donors (Lipinski definition) is 0. The van der Waals surface area contributed by atoms with E-state index in [4.69, 9.17) is 4.74 Å². The first-order valence-electron chi connectivity index (χ1n) is 5.16. The van der Waals surface area contributed by atoms with Gasteiger partial charge in [-0.1, -0.05) is 44.0 Å². The summed E-state index contributed by atoms with van der Waals surface area (Å²) >= 11 is 7.69. The Morgan fingerprint density at radius 3 is 2.68 bits per heavy atom. The lowest BCUT2D eigenvalue weighted by Gasteiger charge is -1.99. The van der Waals surface area contributed by atoms with Gasteiger partial charge in [0.2, 0.25) is 0 Å². The zero-order valence-corrected chi connectivity index (χ0v) is 13.7. The zero-order chi connectivity index (χ0) is 14.0. The third kappa shape index (κ3) is 3.04. The Morgan fingerprint density at radius 1 is 1.42 bits per heavy atom. The van der Waals surface area contributed by atoms with Crippen LogP contribution in [0, 0.1) is 5.82 Å². The van der Waals surface area contributed by atoms with Gasteiger partial charge in [0.25, 0.3) is 0 Å². The topological polar surface area (TPSA) is 39.2 Å². The lowest BCUT2D eigenvalue weighted by atomic mass is 10.2. The van der Waals surface area contributed by atoms with Crippen molar-refractivity contribution in [3.8, 4) is 10.6 Å². The molecule has 0 aliphatic heterocycles. The molecule has 0 saturated carbocycles. The molecule has 1 heterocycles. The Labute approximate surface area is 130 Å². The lowest BCUT2D eigenvalue weighted by molar-refractivity contribution is 0.0605. The molecule has 0 aliphatic rings. The number of benzene rings is 1. The van der Waals surface area contributed by atoms with Crippen LogP contribution < -0.4 is 0 Å². The van der Waals surface area contributed by atoms with Gasteiger partial charge in [-0.25, -0.2) is 14.2 Å². The van der Waals surface area contributed by atoms with Crippen LogP contribution in [0.2, 0.25) is 0 Å². The number of carbonyl (C=O) groups is 1. The summed E-state index contributed by atoms with van der Waals surface area (Å²) in [5, 5.41) is 0.442. The first-order chi connectivity index (χ1) is 9.04. The third-order valence-corrected chi connectivity index (χ3v) is 4.29. The van der Waals surface area contributed by atoms with Crippen LogP contribution in [-0.2, 0) is 4.74 Å². The fraction of sp³-hybridized carbons (Fsp3) is 0.167. The van der Waals surface area contributed by atoms with Gasteiger partial charge in [0.15, 0.2) is 0 Å². The molecule has 0 bridgehead atoms. The zero-order valence-electron chi connectivity index (χ0n) is 9.69. The molecule has 1 aromatic carbocycles. The van der Waals surface area contributed by atoms with E-state index in [0.717, 1.165) is 11.3 Å². The highest BCUT2D eigenvalue weighted by molar-refractivity contribution is 9.24. The summed E-state index contributed by atoms with van der Waals surface area (Å²) in [6.45, 7) is 0. The SMILES string of the molecule is COC(=O)c1sc(-c2ccccc2F)nc1C(Br)Br. The molecule has 1 aromatic heterocycles. The van der Waals surface area contributed by atoms with E-state index in [1.807, 2.05) is 0 Å². The van der Waals surface area contributed by atoms with E-state index in [9.17, 15) is 9.18 Å². The van der Waals surface area contributed by atoms with E-state index in [1.54, 1.807) is 18.2 Å². The van der Waals surface area contributed by atoms with Gasteiger partial charge in [0, 0.05) is 5.56 Å². The number of nitrogens with zero attached hydrogens (tertiary/aromatic N) is 1. The second kappa shape index (κ2) is 6.11. The number of methoxy groups -OCH3 is 1. The lowest BCUT2D eigenvalue weighted by Crippen LogP contribution is -2.02. The van der Waals surface area contributed by atoms with E-state index in [0.29, 0.717) is 21.1 Å². The van der Waals surface area contributed by atoms with Crippen LogP contribution in [0.5, 0.6) is 0 Å². The van der Waals surface area contributed by atoms with Crippen LogP contribution in [0.1, 0.15) is 19.1 Å². The van der Waals surface area contributed by atoms with E-state index in [-0.39, 0.29) is 9.55 Å². The normalized spacial score (nSPS) is 10.8. The average Bonchev–Trinajstić information content (AvgIpc) is 2.83. The highest BCUT2D eigenvalue weighted by atomic mass is 79.9. The second-order valence-electron chi connectivity index (χ2n) is 3.51. The van der Waals surface area contributed by atoms with Gasteiger partial charge >= 0.3 is 5.97 Å². The molecule has 0 fully saturated rings. The second-order valence-corrected chi connectivity index (χ2v) is 7.56. The number of aromatic nitrogens is 1. The van der Waals surface area contributed by atoms with Gasteiger partial charge in [-0.05, 0) is 12.1 Å². The number of thiazole rings is 1. The van der Waals surface area contributed by atoms with Crippen LogP contribution in [0.15, 0.2) is 24.3 Å². The fourth-order valence-electron chi connectivity index (χ4n) is 1.47. The van der Waals surface area contributed by atoms with Crippen molar-refractivity contribution in [1.29, 1.82) is 0 Å². The van der Waals surface area contributed by atoms with Crippen LogP contribution >= 0.6 is 43.2 Å². The molecule has 2 aromatic rings. The number of hydrogen-bond acceptors (Lipinski definition) is 4. The summed E-state index contributed by atoms with van der Waals surface area (Å²) in [5.41, 5.74) is 0.847. The summed E-state index contributed by atoms with van der Waals surface area (Å²) in [6, 6.07) is 6.30. The molecule has 0 atom stereocenters. The summed E-state index contributed by atoms with van der Waals surface area (Å²) in [4.78, 5) is 16.3. The van der Waals surface area contributed by atoms with E-state index in [1.165, 1.54) is 13.2 Å². The van der Waals surface area contributed by atoms with Crippen molar-refractivity contribution in [2.24, 2.45) is 0 Å². The minimum Gasteiger partial charge on any atom is -0.465 e. The van der Waals surface area contributed by atoms with E-state index >= 15 is 0 Å². The largest absolute Gasteiger partial charge is 0.465 e.